The van der Waals surface area contributed by atoms with Crippen molar-refractivity contribution in [1.29, 1.82) is 0 Å². The van der Waals surface area contributed by atoms with E-state index in [1.54, 1.807) is 18.2 Å². The minimum atomic E-state index is -4.45. The molecule has 2 saturated heterocycles. The van der Waals surface area contributed by atoms with Crippen molar-refractivity contribution >= 4 is 22.5 Å². The van der Waals surface area contributed by atoms with Crippen LogP contribution in [0.5, 0.6) is 0 Å². The van der Waals surface area contributed by atoms with E-state index in [9.17, 15) is 18.0 Å². The maximum atomic E-state index is 13.5. The number of nitrogens with zero attached hydrogens (tertiary/aromatic N) is 3. The molecule has 0 aliphatic carbocycles. The van der Waals surface area contributed by atoms with Gasteiger partial charge in [0.25, 0.3) is 0 Å². The van der Waals surface area contributed by atoms with E-state index in [-0.39, 0.29) is 17.5 Å². The fourth-order valence-corrected chi connectivity index (χ4v) is 5.30. The van der Waals surface area contributed by atoms with Crippen molar-refractivity contribution in [2.24, 2.45) is 11.8 Å². The number of carbonyl (C=O) groups is 1. The number of alkyl halides is 3. The zero-order valence-electron chi connectivity index (χ0n) is 18.7. The highest BCUT2D eigenvalue weighted by Gasteiger charge is 2.35. The van der Waals surface area contributed by atoms with Gasteiger partial charge in [-0.3, -0.25) is 9.78 Å². The first kappa shape index (κ1) is 22.8. The van der Waals surface area contributed by atoms with Crippen LogP contribution < -0.4 is 10.2 Å². The molecule has 174 valence electrons. The molecular formula is C24H31F3N4O. The van der Waals surface area contributed by atoms with Gasteiger partial charge in [0.15, 0.2) is 0 Å². The Morgan fingerprint density at radius 2 is 2.03 bits per heavy atom. The largest absolute Gasteiger partial charge is 0.418 e. The maximum Gasteiger partial charge on any atom is 0.418 e. The second-order valence-corrected chi connectivity index (χ2v) is 9.51. The number of likely N-dealkylation sites (tertiary alicyclic amines) is 1. The number of pyridine rings is 1. The van der Waals surface area contributed by atoms with Gasteiger partial charge in [-0.25, -0.2) is 0 Å². The van der Waals surface area contributed by atoms with Crippen molar-refractivity contribution in [2.45, 2.75) is 44.8 Å². The summed E-state index contributed by atoms with van der Waals surface area (Å²) in [4.78, 5) is 21.1. The second kappa shape index (κ2) is 9.25. The van der Waals surface area contributed by atoms with Crippen molar-refractivity contribution in [3.05, 3.63) is 36.0 Å². The Morgan fingerprint density at radius 1 is 1.22 bits per heavy atom. The summed E-state index contributed by atoms with van der Waals surface area (Å²) in [5.74, 6) is 0.767. The molecule has 0 radical (unpaired) electrons. The summed E-state index contributed by atoms with van der Waals surface area (Å²) in [6.45, 7) is 5.46. The number of anilines is 1. The van der Waals surface area contributed by atoms with Crippen LogP contribution in [0, 0.1) is 11.8 Å². The van der Waals surface area contributed by atoms with E-state index in [4.69, 9.17) is 0 Å². The predicted octanol–water partition coefficient (Wildman–Crippen LogP) is 4.32. The third-order valence-electron chi connectivity index (χ3n) is 6.61. The van der Waals surface area contributed by atoms with Gasteiger partial charge in [-0.05, 0) is 69.0 Å². The summed E-state index contributed by atoms with van der Waals surface area (Å²) in [6, 6.07) is 6.00. The number of hydrogen-bond donors (Lipinski definition) is 1. The van der Waals surface area contributed by atoms with Crippen LogP contribution in [-0.2, 0) is 11.0 Å². The zero-order valence-corrected chi connectivity index (χ0v) is 18.7. The number of benzene rings is 1. The van der Waals surface area contributed by atoms with Gasteiger partial charge in [0.05, 0.1) is 11.1 Å². The van der Waals surface area contributed by atoms with Crippen molar-refractivity contribution in [2.75, 3.05) is 38.1 Å². The first-order valence-electron chi connectivity index (χ1n) is 11.4. The molecule has 1 N–H and O–H groups in total. The normalized spacial score (nSPS) is 25.2. The zero-order chi connectivity index (χ0) is 22.9. The molecule has 8 heteroatoms. The van der Waals surface area contributed by atoms with Crippen LogP contribution in [0.3, 0.4) is 0 Å². The van der Waals surface area contributed by atoms with Crippen molar-refractivity contribution < 1.29 is 18.0 Å². The van der Waals surface area contributed by atoms with Crippen molar-refractivity contribution in [3.63, 3.8) is 0 Å². The fraction of sp³-hybridized carbons (Fsp3) is 0.583. The number of amides is 1. The number of halogens is 3. The minimum Gasteiger partial charge on any atom is -0.369 e. The number of aromatic nitrogens is 1. The molecule has 0 bridgehead atoms. The summed E-state index contributed by atoms with van der Waals surface area (Å²) >= 11 is 0. The SMILES string of the molecule is C[C@H]1C[C@@H](NC(=O)CC2CCCN(C)C2)CN(c2ccc(C(F)(F)F)c3ncccc23)C1. The van der Waals surface area contributed by atoms with Crippen LogP contribution in [0.2, 0.25) is 0 Å². The van der Waals surface area contributed by atoms with Gasteiger partial charge in [0.2, 0.25) is 5.91 Å². The Balaban J connectivity index is 1.50. The lowest BCUT2D eigenvalue weighted by Gasteiger charge is -2.39. The monoisotopic (exact) mass is 448 g/mol. The number of fused-ring (bicyclic) bond motifs is 1. The lowest BCUT2D eigenvalue weighted by Crippen LogP contribution is -2.51. The Hall–Kier alpha value is -2.35. The molecule has 1 amide bonds. The second-order valence-electron chi connectivity index (χ2n) is 9.51. The van der Waals surface area contributed by atoms with E-state index in [2.05, 4.69) is 34.1 Å². The lowest BCUT2D eigenvalue weighted by molar-refractivity contribution is -0.136. The highest BCUT2D eigenvalue weighted by molar-refractivity contribution is 5.94. The number of nitrogens with one attached hydrogen (secondary N) is 1. The lowest BCUT2D eigenvalue weighted by atomic mass is 9.92. The van der Waals surface area contributed by atoms with E-state index in [1.165, 1.54) is 6.20 Å². The minimum absolute atomic E-state index is 0.0263. The number of piperidine rings is 2. The molecular weight excluding hydrogens is 417 g/mol. The van der Waals surface area contributed by atoms with Crippen LogP contribution >= 0.6 is 0 Å². The van der Waals surface area contributed by atoms with Crippen molar-refractivity contribution in [3.8, 4) is 0 Å². The van der Waals surface area contributed by atoms with E-state index >= 15 is 0 Å². The maximum absolute atomic E-state index is 13.5. The number of rotatable bonds is 4. The Kier molecular flexibility index (Phi) is 6.60. The average molecular weight is 449 g/mol. The van der Waals surface area contributed by atoms with Crippen molar-refractivity contribution in [1.82, 2.24) is 15.2 Å². The molecule has 1 aromatic heterocycles. The standard InChI is InChI=1S/C24H31F3N4O/c1-16-11-18(29-22(32)12-17-5-4-10-30(2)14-17)15-31(13-16)21-8-7-20(24(25,26)27)23-19(21)6-3-9-28-23/h3,6-9,16-18H,4-5,10-15H2,1-2H3,(H,29,32)/t16-,17?,18+/m0/s1. The van der Waals surface area contributed by atoms with E-state index in [0.29, 0.717) is 30.2 Å². The quantitative estimate of drug-likeness (QED) is 0.757. The summed E-state index contributed by atoms with van der Waals surface area (Å²) < 4.78 is 40.4. The number of carbonyl (C=O) groups excluding carboxylic acids is 1. The van der Waals surface area contributed by atoms with Crippen LogP contribution in [-0.4, -0.2) is 55.1 Å². The molecule has 4 rings (SSSR count). The molecule has 2 fully saturated rings. The van der Waals surface area contributed by atoms with Gasteiger partial charge in [-0.1, -0.05) is 6.92 Å². The predicted molar refractivity (Wildman–Crippen MR) is 120 cm³/mol. The smallest absolute Gasteiger partial charge is 0.369 e. The molecule has 1 unspecified atom stereocenters. The molecule has 32 heavy (non-hydrogen) atoms. The van der Waals surface area contributed by atoms with Crippen LogP contribution in [0.15, 0.2) is 30.5 Å². The summed E-state index contributed by atoms with van der Waals surface area (Å²) in [5.41, 5.74) is -0.0113. The van der Waals surface area contributed by atoms with E-state index in [1.807, 2.05) is 0 Å². The first-order chi connectivity index (χ1) is 15.2. The summed E-state index contributed by atoms with van der Waals surface area (Å²) in [7, 11) is 2.09. The van der Waals surface area contributed by atoms with Crippen LogP contribution in [0.1, 0.15) is 38.2 Å². The highest BCUT2D eigenvalue weighted by atomic mass is 19.4. The summed E-state index contributed by atoms with van der Waals surface area (Å²) in [5, 5.41) is 3.69. The molecule has 3 heterocycles. The van der Waals surface area contributed by atoms with Gasteiger partial charge >= 0.3 is 6.18 Å². The first-order valence-corrected chi connectivity index (χ1v) is 11.4. The molecule has 5 nitrogen and oxygen atoms in total. The summed E-state index contributed by atoms with van der Waals surface area (Å²) in [6.07, 6.45) is 0.537. The molecule has 2 aliphatic heterocycles. The van der Waals surface area contributed by atoms with Crippen LogP contribution in [0.4, 0.5) is 18.9 Å². The van der Waals surface area contributed by atoms with Gasteiger partial charge in [-0.15, -0.1) is 0 Å². The Labute approximate surface area is 187 Å². The van der Waals surface area contributed by atoms with Gasteiger partial charge < -0.3 is 15.1 Å². The van der Waals surface area contributed by atoms with Gasteiger partial charge in [0, 0.05) is 49.4 Å². The fourth-order valence-electron chi connectivity index (χ4n) is 5.30. The molecule has 1 aromatic carbocycles. The van der Waals surface area contributed by atoms with Crippen LogP contribution in [0.25, 0.3) is 10.9 Å². The highest BCUT2D eigenvalue weighted by Crippen LogP contribution is 2.38. The van der Waals surface area contributed by atoms with Gasteiger partial charge in [0.1, 0.15) is 0 Å². The van der Waals surface area contributed by atoms with E-state index in [0.717, 1.165) is 50.7 Å². The Morgan fingerprint density at radius 3 is 2.78 bits per heavy atom. The molecule has 3 atom stereocenters. The Bertz CT molecular complexity index is 964. The van der Waals surface area contributed by atoms with Gasteiger partial charge in [-0.2, -0.15) is 13.2 Å². The molecule has 0 spiro atoms. The molecule has 2 aromatic rings. The van der Waals surface area contributed by atoms with E-state index < -0.39 is 11.7 Å². The topological polar surface area (TPSA) is 48.5 Å². The molecule has 2 aliphatic rings. The number of hydrogen-bond acceptors (Lipinski definition) is 4. The molecule has 0 saturated carbocycles. The third kappa shape index (κ3) is 5.17. The average Bonchev–Trinajstić information content (AvgIpc) is 2.71. The third-order valence-corrected chi connectivity index (χ3v) is 6.61.